The third-order valence-electron chi connectivity index (χ3n) is 4.67. The Bertz CT molecular complexity index is 690. The summed E-state index contributed by atoms with van der Waals surface area (Å²) in [6.07, 6.45) is 4.19. The molecule has 126 valence electrons. The molecule has 4 nitrogen and oxygen atoms in total. The number of piperidine rings is 1. The molecular formula is C20H23NO3. The van der Waals surface area contributed by atoms with Crippen molar-refractivity contribution in [2.75, 3.05) is 18.0 Å². The predicted molar refractivity (Wildman–Crippen MR) is 94.7 cm³/mol. The van der Waals surface area contributed by atoms with Crippen molar-refractivity contribution in [3.05, 3.63) is 59.7 Å². The van der Waals surface area contributed by atoms with E-state index in [-0.39, 0.29) is 5.75 Å². The van der Waals surface area contributed by atoms with Gasteiger partial charge in [-0.15, -0.1) is 0 Å². The van der Waals surface area contributed by atoms with Crippen molar-refractivity contribution in [3.8, 4) is 5.75 Å². The van der Waals surface area contributed by atoms with Crippen LogP contribution in [0, 0.1) is 0 Å². The smallest absolute Gasteiger partial charge is 0.311 e. The second-order valence-electron chi connectivity index (χ2n) is 6.40. The van der Waals surface area contributed by atoms with E-state index < -0.39 is 11.9 Å². The van der Waals surface area contributed by atoms with Gasteiger partial charge in [0, 0.05) is 18.8 Å². The number of rotatable bonds is 5. The van der Waals surface area contributed by atoms with E-state index in [9.17, 15) is 15.0 Å². The van der Waals surface area contributed by atoms with Crippen LogP contribution >= 0.6 is 0 Å². The van der Waals surface area contributed by atoms with Gasteiger partial charge in [0.05, 0.1) is 5.92 Å². The molecule has 0 aromatic heterocycles. The molecule has 0 spiro atoms. The van der Waals surface area contributed by atoms with E-state index >= 15 is 0 Å². The number of carboxylic acids is 1. The molecule has 0 aliphatic carbocycles. The van der Waals surface area contributed by atoms with Crippen molar-refractivity contribution in [1.82, 2.24) is 0 Å². The number of hydrogen-bond donors (Lipinski definition) is 2. The Hall–Kier alpha value is -2.49. The van der Waals surface area contributed by atoms with Gasteiger partial charge in [0.2, 0.25) is 0 Å². The third-order valence-corrected chi connectivity index (χ3v) is 4.67. The highest BCUT2D eigenvalue weighted by molar-refractivity contribution is 5.76. The van der Waals surface area contributed by atoms with Gasteiger partial charge in [-0.05, 0) is 61.1 Å². The lowest BCUT2D eigenvalue weighted by atomic mass is 9.92. The molecule has 2 aromatic rings. The SMILES string of the molecule is O=C(O)C(Cc1ccc(N2CCCCC2)cc1)c1cccc(O)c1. The normalized spacial score (nSPS) is 15.9. The fraction of sp³-hybridized carbons (Fsp3) is 0.350. The van der Waals surface area contributed by atoms with E-state index in [0.29, 0.717) is 12.0 Å². The van der Waals surface area contributed by atoms with E-state index in [2.05, 4.69) is 17.0 Å². The first-order valence-corrected chi connectivity index (χ1v) is 8.49. The van der Waals surface area contributed by atoms with Crippen LogP contribution in [-0.4, -0.2) is 29.3 Å². The molecule has 0 radical (unpaired) electrons. The minimum absolute atomic E-state index is 0.0965. The maximum Gasteiger partial charge on any atom is 0.311 e. The first-order valence-electron chi connectivity index (χ1n) is 8.49. The Morgan fingerprint density at radius 3 is 2.38 bits per heavy atom. The monoisotopic (exact) mass is 325 g/mol. The fourth-order valence-electron chi connectivity index (χ4n) is 3.32. The molecule has 0 amide bonds. The minimum atomic E-state index is -0.874. The molecule has 1 aliphatic heterocycles. The zero-order valence-corrected chi connectivity index (χ0v) is 13.7. The van der Waals surface area contributed by atoms with Gasteiger partial charge < -0.3 is 15.1 Å². The van der Waals surface area contributed by atoms with Crippen molar-refractivity contribution < 1.29 is 15.0 Å². The zero-order chi connectivity index (χ0) is 16.9. The summed E-state index contributed by atoms with van der Waals surface area (Å²) in [6.45, 7) is 2.20. The number of benzene rings is 2. The highest BCUT2D eigenvalue weighted by Crippen LogP contribution is 2.26. The molecule has 4 heteroatoms. The molecule has 1 saturated heterocycles. The van der Waals surface area contributed by atoms with E-state index in [1.807, 2.05) is 12.1 Å². The van der Waals surface area contributed by atoms with Crippen LogP contribution in [0.4, 0.5) is 5.69 Å². The third kappa shape index (κ3) is 3.88. The van der Waals surface area contributed by atoms with Crippen LogP contribution in [0.1, 0.15) is 36.3 Å². The number of carboxylic acid groups (broad SMARTS) is 1. The van der Waals surface area contributed by atoms with Crippen molar-refractivity contribution in [2.45, 2.75) is 31.6 Å². The molecule has 2 N–H and O–H groups in total. The summed E-state index contributed by atoms with van der Waals surface area (Å²) in [4.78, 5) is 14.0. The number of carbonyl (C=O) groups is 1. The Labute approximate surface area is 142 Å². The first-order chi connectivity index (χ1) is 11.6. The molecule has 1 aliphatic rings. The topological polar surface area (TPSA) is 60.8 Å². The van der Waals surface area contributed by atoms with E-state index in [1.165, 1.54) is 31.0 Å². The highest BCUT2D eigenvalue weighted by atomic mass is 16.4. The number of nitrogens with zero attached hydrogens (tertiary/aromatic N) is 1. The molecule has 1 unspecified atom stereocenters. The molecule has 1 heterocycles. The lowest BCUT2D eigenvalue weighted by Crippen LogP contribution is -2.29. The summed E-state index contributed by atoms with van der Waals surface area (Å²) < 4.78 is 0. The van der Waals surface area contributed by atoms with Crippen LogP contribution in [0.15, 0.2) is 48.5 Å². The second-order valence-corrected chi connectivity index (χ2v) is 6.40. The van der Waals surface area contributed by atoms with E-state index in [0.717, 1.165) is 18.7 Å². The van der Waals surface area contributed by atoms with Crippen LogP contribution in [-0.2, 0) is 11.2 Å². The molecule has 0 saturated carbocycles. The predicted octanol–water partition coefficient (Wildman–Crippen LogP) is 3.79. The fourth-order valence-corrected chi connectivity index (χ4v) is 3.32. The molecule has 1 fully saturated rings. The largest absolute Gasteiger partial charge is 0.508 e. The van der Waals surface area contributed by atoms with Gasteiger partial charge in [-0.25, -0.2) is 0 Å². The van der Waals surface area contributed by atoms with Crippen molar-refractivity contribution >= 4 is 11.7 Å². The maximum absolute atomic E-state index is 11.6. The van der Waals surface area contributed by atoms with Gasteiger partial charge in [0.1, 0.15) is 5.75 Å². The lowest BCUT2D eigenvalue weighted by Gasteiger charge is -2.29. The summed E-state index contributed by atoms with van der Waals surface area (Å²) in [7, 11) is 0. The van der Waals surface area contributed by atoms with Crippen LogP contribution in [0.25, 0.3) is 0 Å². The number of anilines is 1. The Morgan fingerprint density at radius 2 is 1.75 bits per heavy atom. The summed E-state index contributed by atoms with van der Waals surface area (Å²) >= 11 is 0. The van der Waals surface area contributed by atoms with Crippen molar-refractivity contribution in [1.29, 1.82) is 0 Å². The molecule has 3 rings (SSSR count). The second kappa shape index (κ2) is 7.39. The number of aromatic hydroxyl groups is 1. The van der Waals surface area contributed by atoms with E-state index in [1.54, 1.807) is 18.2 Å². The van der Waals surface area contributed by atoms with E-state index in [4.69, 9.17) is 0 Å². The molecular weight excluding hydrogens is 302 g/mol. The molecule has 0 bridgehead atoms. The average molecular weight is 325 g/mol. The Balaban J connectivity index is 1.74. The van der Waals surface area contributed by atoms with Gasteiger partial charge in [-0.1, -0.05) is 24.3 Å². The van der Waals surface area contributed by atoms with Crippen LogP contribution in [0.3, 0.4) is 0 Å². The number of hydrogen-bond acceptors (Lipinski definition) is 3. The van der Waals surface area contributed by atoms with Gasteiger partial charge in [0.15, 0.2) is 0 Å². The minimum Gasteiger partial charge on any atom is -0.508 e. The molecule has 24 heavy (non-hydrogen) atoms. The zero-order valence-electron chi connectivity index (χ0n) is 13.7. The summed E-state index contributed by atoms with van der Waals surface area (Å²) in [5, 5.41) is 19.1. The van der Waals surface area contributed by atoms with Gasteiger partial charge >= 0.3 is 5.97 Å². The summed E-state index contributed by atoms with van der Waals surface area (Å²) in [6, 6.07) is 14.7. The summed E-state index contributed by atoms with van der Waals surface area (Å²) in [5.41, 5.74) is 2.83. The van der Waals surface area contributed by atoms with Crippen LogP contribution in [0.5, 0.6) is 5.75 Å². The van der Waals surface area contributed by atoms with Crippen molar-refractivity contribution in [3.63, 3.8) is 0 Å². The van der Waals surface area contributed by atoms with Crippen LogP contribution < -0.4 is 4.90 Å². The van der Waals surface area contributed by atoms with Gasteiger partial charge in [0.25, 0.3) is 0 Å². The number of aliphatic carboxylic acids is 1. The highest BCUT2D eigenvalue weighted by Gasteiger charge is 2.21. The average Bonchev–Trinajstić information content (AvgIpc) is 2.61. The Kier molecular flexibility index (Phi) is 5.04. The van der Waals surface area contributed by atoms with Gasteiger partial charge in [-0.2, -0.15) is 0 Å². The maximum atomic E-state index is 11.6. The van der Waals surface area contributed by atoms with Crippen molar-refractivity contribution in [2.24, 2.45) is 0 Å². The molecule has 2 aromatic carbocycles. The first kappa shape index (κ1) is 16.4. The quantitative estimate of drug-likeness (QED) is 0.878. The molecule has 1 atom stereocenters. The van der Waals surface area contributed by atoms with Crippen LogP contribution in [0.2, 0.25) is 0 Å². The number of phenolic OH excluding ortho intramolecular Hbond substituents is 1. The summed E-state index contributed by atoms with van der Waals surface area (Å²) in [5.74, 6) is -1.43. The lowest BCUT2D eigenvalue weighted by molar-refractivity contribution is -0.138. The Morgan fingerprint density at radius 1 is 1.04 bits per heavy atom. The van der Waals surface area contributed by atoms with Gasteiger partial charge in [-0.3, -0.25) is 4.79 Å². The standard InChI is InChI=1S/C20H23NO3/c22-18-6-4-5-16(14-18)19(20(23)24)13-15-7-9-17(10-8-15)21-11-2-1-3-12-21/h4-10,14,19,22H,1-3,11-13H2,(H,23,24). The number of phenols is 1.